The first-order chi connectivity index (χ1) is 20.4. The first kappa shape index (κ1) is 28.5. The predicted molar refractivity (Wildman–Crippen MR) is 155 cm³/mol. The van der Waals surface area contributed by atoms with Crippen molar-refractivity contribution in [3.8, 4) is 17.1 Å². The van der Waals surface area contributed by atoms with Gasteiger partial charge in [-0.15, -0.1) is 0 Å². The zero-order valence-corrected chi connectivity index (χ0v) is 22.9. The van der Waals surface area contributed by atoms with Crippen molar-refractivity contribution in [3.63, 3.8) is 0 Å². The Morgan fingerprint density at radius 2 is 1.52 bits per heavy atom. The van der Waals surface area contributed by atoms with Crippen LogP contribution in [0.25, 0.3) is 22.3 Å². The van der Waals surface area contributed by atoms with Crippen LogP contribution in [0.2, 0.25) is 0 Å². The lowest BCUT2D eigenvalue weighted by molar-refractivity contribution is -0.143. The van der Waals surface area contributed by atoms with Crippen molar-refractivity contribution in [1.82, 2.24) is 5.32 Å². The number of amides is 1. The van der Waals surface area contributed by atoms with Crippen LogP contribution in [0, 0.1) is 11.6 Å². The van der Waals surface area contributed by atoms with Gasteiger partial charge in [-0.05, 0) is 79.1 Å². The van der Waals surface area contributed by atoms with Gasteiger partial charge in [0.15, 0.2) is 0 Å². The number of para-hydroxylation sites is 1. The number of carbonyl (C=O) groups is 2. The summed E-state index contributed by atoms with van der Waals surface area (Å²) >= 11 is 0. The molecule has 0 fully saturated rings. The molecule has 0 radical (unpaired) electrons. The molecule has 0 aliphatic rings. The first-order valence-electron chi connectivity index (χ1n) is 13.6. The number of rotatable bonds is 11. The minimum atomic E-state index is -0.630. The number of fused-ring (bicyclic) bond motifs is 1. The van der Waals surface area contributed by atoms with Crippen molar-refractivity contribution >= 4 is 22.8 Å². The van der Waals surface area contributed by atoms with E-state index in [1.54, 1.807) is 49.4 Å². The van der Waals surface area contributed by atoms with Crippen molar-refractivity contribution in [1.29, 1.82) is 0 Å². The zero-order chi connectivity index (χ0) is 29.5. The van der Waals surface area contributed by atoms with Crippen LogP contribution in [0.5, 0.6) is 5.75 Å². The van der Waals surface area contributed by atoms with Crippen LogP contribution < -0.4 is 10.1 Å². The third-order valence-electron chi connectivity index (χ3n) is 6.71. The van der Waals surface area contributed by atoms with E-state index in [1.807, 2.05) is 30.3 Å². The van der Waals surface area contributed by atoms with Crippen LogP contribution in [0.3, 0.4) is 0 Å². The van der Waals surface area contributed by atoms with Crippen LogP contribution in [-0.4, -0.2) is 25.1 Å². The molecule has 0 unspecified atom stereocenters. The van der Waals surface area contributed by atoms with Gasteiger partial charge in [-0.3, -0.25) is 9.59 Å². The predicted octanol–water partition coefficient (Wildman–Crippen LogP) is 7.62. The van der Waals surface area contributed by atoms with Crippen molar-refractivity contribution in [2.24, 2.45) is 0 Å². The highest BCUT2D eigenvalue weighted by Crippen LogP contribution is 2.35. The maximum Gasteiger partial charge on any atom is 0.305 e. The number of furan rings is 1. The monoisotopic (exact) mass is 569 g/mol. The smallest absolute Gasteiger partial charge is 0.305 e. The minimum Gasteiger partial charge on any atom is -0.493 e. The van der Waals surface area contributed by atoms with E-state index in [2.05, 4.69) is 5.32 Å². The van der Waals surface area contributed by atoms with Gasteiger partial charge in [-0.1, -0.05) is 42.5 Å². The Labute approximate surface area is 241 Å². The fourth-order valence-electron chi connectivity index (χ4n) is 4.62. The Morgan fingerprint density at radius 3 is 2.19 bits per heavy atom. The average Bonchev–Trinajstić information content (AvgIpc) is 3.43. The second-order valence-corrected chi connectivity index (χ2v) is 9.63. The summed E-state index contributed by atoms with van der Waals surface area (Å²) in [5, 5.41) is 3.78. The van der Waals surface area contributed by atoms with Crippen molar-refractivity contribution < 1.29 is 32.3 Å². The van der Waals surface area contributed by atoms with Gasteiger partial charge in [0.2, 0.25) is 0 Å². The van der Waals surface area contributed by atoms with Crippen molar-refractivity contribution in [2.45, 2.75) is 25.8 Å². The summed E-state index contributed by atoms with van der Waals surface area (Å²) in [5.74, 6) is -0.248. The number of hydrogen-bond acceptors (Lipinski definition) is 5. The second kappa shape index (κ2) is 13.1. The quantitative estimate of drug-likeness (QED) is 0.131. The summed E-state index contributed by atoms with van der Waals surface area (Å²) in [6.45, 7) is 2.46. The van der Waals surface area contributed by atoms with Gasteiger partial charge in [0.25, 0.3) is 5.91 Å². The molecule has 0 atom stereocenters. The third kappa shape index (κ3) is 6.83. The normalized spacial score (nSPS) is 11.0. The molecule has 8 heteroatoms. The molecule has 0 saturated heterocycles. The molecule has 5 aromatic rings. The van der Waals surface area contributed by atoms with E-state index in [9.17, 15) is 18.4 Å². The molecule has 42 heavy (non-hydrogen) atoms. The highest BCUT2D eigenvalue weighted by molar-refractivity contribution is 5.98. The average molecular weight is 570 g/mol. The Hall–Kier alpha value is -4.98. The van der Waals surface area contributed by atoms with E-state index in [1.165, 1.54) is 24.3 Å². The van der Waals surface area contributed by atoms with E-state index in [0.29, 0.717) is 53.4 Å². The lowest BCUT2D eigenvalue weighted by Gasteiger charge is -2.20. The summed E-state index contributed by atoms with van der Waals surface area (Å²) in [6, 6.07) is 25.4. The van der Waals surface area contributed by atoms with Crippen LogP contribution in [0.1, 0.15) is 47.3 Å². The number of esters is 1. The topological polar surface area (TPSA) is 77.8 Å². The van der Waals surface area contributed by atoms with E-state index < -0.39 is 17.7 Å². The van der Waals surface area contributed by atoms with Crippen molar-refractivity contribution in [2.75, 3.05) is 13.2 Å². The number of benzene rings is 4. The largest absolute Gasteiger partial charge is 0.493 e. The molecule has 1 N–H and O–H groups in total. The molecule has 0 saturated carbocycles. The van der Waals surface area contributed by atoms with Crippen LogP contribution >= 0.6 is 0 Å². The van der Waals surface area contributed by atoms with Crippen molar-refractivity contribution in [3.05, 3.63) is 125 Å². The molecule has 0 bridgehead atoms. The molecular weight excluding hydrogens is 540 g/mol. The summed E-state index contributed by atoms with van der Waals surface area (Å²) in [7, 11) is 0. The fraction of sp³-hybridized carbons (Fsp3) is 0.176. The lowest BCUT2D eigenvalue weighted by Crippen LogP contribution is -2.29. The maximum absolute atomic E-state index is 13.6. The molecule has 0 aliphatic heterocycles. The van der Waals surface area contributed by atoms with Crippen LogP contribution in [0.4, 0.5) is 8.78 Å². The Balaban J connectivity index is 1.35. The molecule has 0 aliphatic carbocycles. The van der Waals surface area contributed by atoms with Gasteiger partial charge >= 0.3 is 5.97 Å². The Bertz CT molecular complexity index is 1630. The lowest BCUT2D eigenvalue weighted by atomic mass is 9.98. The number of halogens is 2. The van der Waals surface area contributed by atoms with Gasteiger partial charge < -0.3 is 19.2 Å². The molecule has 6 nitrogen and oxygen atoms in total. The minimum absolute atomic E-state index is 0.256. The molecule has 4 aromatic carbocycles. The van der Waals surface area contributed by atoms with E-state index in [4.69, 9.17) is 13.9 Å². The maximum atomic E-state index is 13.6. The SMILES string of the molecule is CCOC(=O)CCCOc1ccccc1-c1cc2ccc(C(=O)NC(c3ccc(F)cc3)c3ccc(F)cc3)cc2o1. The molecule has 1 aromatic heterocycles. The Kier molecular flexibility index (Phi) is 8.92. The van der Waals surface area contributed by atoms with Crippen LogP contribution in [0.15, 0.2) is 101 Å². The molecule has 0 spiro atoms. The second-order valence-electron chi connectivity index (χ2n) is 9.63. The molecule has 214 valence electrons. The summed E-state index contributed by atoms with van der Waals surface area (Å²) in [6.07, 6.45) is 0.789. The number of carbonyl (C=O) groups excluding carboxylic acids is 2. The van der Waals surface area contributed by atoms with Gasteiger partial charge in [0.1, 0.15) is 28.7 Å². The fourth-order valence-corrected chi connectivity index (χ4v) is 4.62. The van der Waals surface area contributed by atoms with Gasteiger partial charge in [0, 0.05) is 17.4 Å². The van der Waals surface area contributed by atoms with E-state index >= 15 is 0 Å². The molecule has 5 rings (SSSR count). The molecule has 1 amide bonds. The summed E-state index contributed by atoms with van der Waals surface area (Å²) in [5.41, 5.74) is 2.91. The highest BCUT2D eigenvalue weighted by Gasteiger charge is 2.20. The first-order valence-corrected chi connectivity index (χ1v) is 13.6. The highest BCUT2D eigenvalue weighted by atomic mass is 19.1. The standard InChI is InChI=1S/C34H29F2NO5/c1-2-40-32(38)8-5-19-41-29-7-4-3-6-28(29)31-20-24-9-10-25(21-30(24)42-31)34(39)37-33(22-11-15-26(35)16-12-22)23-13-17-27(36)18-14-23/h3-4,6-7,9-18,20-21,33H,2,5,8,19H2,1H3,(H,37,39). The summed E-state index contributed by atoms with van der Waals surface area (Å²) < 4.78 is 44.2. The van der Waals surface area contributed by atoms with Gasteiger partial charge in [-0.25, -0.2) is 8.78 Å². The molecule has 1 heterocycles. The van der Waals surface area contributed by atoms with Gasteiger partial charge in [-0.2, -0.15) is 0 Å². The van der Waals surface area contributed by atoms with Gasteiger partial charge in [0.05, 0.1) is 24.8 Å². The number of hydrogen-bond donors (Lipinski definition) is 1. The zero-order valence-electron chi connectivity index (χ0n) is 22.9. The van der Waals surface area contributed by atoms with E-state index in [-0.39, 0.29) is 18.3 Å². The van der Waals surface area contributed by atoms with Crippen LogP contribution in [-0.2, 0) is 9.53 Å². The summed E-state index contributed by atoms with van der Waals surface area (Å²) in [4.78, 5) is 25.0. The number of ether oxygens (including phenoxy) is 2. The number of nitrogens with one attached hydrogen (secondary N) is 1. The van der Waals surface area contributed by atoms with E-state index in [0.717, 1.165) is 10.9 Å². The third-order valence-corrected chi connectivity index (χ3v) is 6.71. The molecular formula is C34H29F2NO5. The Morgan fingerprint density at radius 1 is 0.857 bits per heavy atom.